The number of carboxylic acid groups (broad SMARTS) is 1. The summed E-state index contributed by atoms with van der Waals surface area (Å²) in [6.45, 7) is 3.93. The van der Waals surface area contributed by atoms with Crippen LogP contribution in [0.3, 0.4) is 0 Å². The van der Waals surface area contributed by atoms with Crippen LogP contribution in [0.2, 0.25) is 0 Å². The van der Waals surface area contributed by atoms with E-state index >= 15 is 0 Å². The lowest BCUT2D eigenvalue weighted by atomic mass is 9.73. The van der Waals surface area contributed by atoms with E-state index in [4.69, 9.17) is 5.11 Å². The smallest absolute Gasteiger partial charge is 0.404 e. The van der Waals surface area contributed by atoms with Gasteiger partial charge in [0.2, 0.25) is 0 Å². The molecular formula is C9H17NO3. The summed E-state index contributed by atoms with van der Waals surface area (Å²) in [4.78, 5) is 10.4. The predicted octanol–water partition coefficient (Wildman–Crippen LogP) is 1.19. The molecule has 0 aliphatic heterocycles. The van der Waals surface area contributed by atoms with E-state index in [9.17, 15) is 9.90 Å². The molecule has 2 atom stereocenters. The number of hydrogen-bond donors (Lipinski definition) is 3. The molecule has 0 aromatic carbocycles. The van der Waals surface area contributed by atoms with E-state index in [1.54, 1.807) is 0 Å². The van der Waals surface area contributed by atoms with E-state index in [0.717, 1.165) is 6.42 Å². The summed E-state index contributed by atoms with van der Waals surface area (Å²) >= 11 is 0. The highest BCUT2D eigenvalue weighted by Crippen LogP contribution is 2.35. The van der Waals surface area contributed by atoms with Crippen LogP contribution in [0.5, 0.6) is 0 Å². The summed E-state index contributed by atoms with van der Waals surface area (Å²) in [6.07, 6.45) is 0.839. The summed E-state index contributed by atoms with van der Waals surface area (Å²) in [5.41, 5.74) is -0.175. The maximum Gasteiger partial charge on any atom is 0.404 e. The molecule has 0 radical (unpaired) electrons. The van der Waals surface area contributed by atoms with Gasteiger partial charge in [0.1, 0.15) is 0 Å². The Labute approximate surface area is 78.0 Å². The molecule has 1 saturated carbocycles. The van der Waals surface area contributed by atoms with Crippen molar-refractivity contribution < 1.29 is 15.0 Å². The average Bonchev–Trinajstić information content (AvgIpc) is 1.95. The molecule has 1 aliphatic carbocycles. The third kappa shape index (κ3) is 2.59. The number of carbonyl (C=O) groups is 1. The van der Waals surface area contributed by atoms with Gasteiger partial charge in [0.05, 0.1) is 6.10 Å². The largest absolute Gasteiger partial charge is 0.465 e. The molecule has 4 heteroatoms. The Morgan fingerprint density at radius 3 is 2.54 bits per heavy atom. The summed E-state index contributed by atoms with van der Waals surface area (Å²) < 4.78 is 0. The third-order valence-corrected chi connectivity index (χ3v) is 2.79. The molecule has 0 heterocycles. The molecular weight excluding hydrogens is 170 g/mol. The van der Waals surface area contributed by atoms with Crippen molar-refractivity contribution in [3.8, 4) is 0 Å². The molecule has 13 heavy (non-hydrogen) atoms. The van der Waals surface area contributed by atoms with Gasteiger partial charge >= 0.3 is 6.09 Å². The Balaban J connectivity index is 2.50. The Bertz CT molecular complexity index is 203. The van der Waals surface area contributed by atoms with Crippen molar-refractivity contribution >= 4 is 6.09 Å². The maximum absolute atomic E-state index is 10.4. The van der Waals surface area contributed by atoms with Gasteiger partial charge < -0.3 is 15.5 Å². The molecule has 0 saturated heterocycles. The van der Waals surface area contributed by atoms with Gasteiger partial charge in [-0.1, -0.05) is 13.8 Å². The lowest BCUT2D eigenvalue weighted by Gasteiger charge is -2.39. The van der Waals surface area contributed by atoms with Crippen LogP contribution < -0.4 is 5.32 Å². The topological polar surface area (TPSA) is 69.6 Å². The highest BCUT2D eigenvalue weighted by atomic mass is 16.4. The Morgan fingerprint density at radius 2 is 2.08 bits per heavy atom. The van der Waals surface area contributed by atoms with Crippen molar-refractivity contribution in [3.05, 3.63) is 0 Å². The molecule has 1 aliphatic rings. The minimum atomic E-state index is -0.975. The highest BCUT2D eigenvalue weighted by Gasteiger charge is 2.35. The Morgan fingerprint density at radius 1 is 1.46 bits per heavy atom. The summed E-state index contributed by atoms with van der Waals surface area (Å²) in [6, 6.07) is -0.00380. The zero-order valence-corrected chi connectivity index (χ0v) is 8.08. The van der Waals surface area contributed by atoms with Crippen LogP contribution in [0.15, 0.2) is 0 Å². The minimum Gasteiger partial charge on any atom is -0.465 e. The minimum absolute atomic E-state index is 0.00380. The normalized spacial score (nSPS) is 32.5. The van der Waals surface area contributed by atoms with E-state index in [-0.39, 0.29) is 17.6 Å². The van der Waals surface area contributed by atoms with Crippen LogP contribution in [-0.2, 0) is 0 Å². The molecule has 0 aromatic heterocycles. The lowest BCUT2D eigenvalue weighted by Crippen LogP contribution is -2.45. The van der Waals surface area contributed by atoms with Crippen molar-refractivity contribution in [1.82, 2.24) is 5.32 Å². The highest BCUT2D eigenvalue weighted by molar-refractivity contribution is 5.64. The molecule has 0 aromatic rings. The predicted molar refractivity (Wildman–Crippen MR) is 48.6 cm³/mol. The molecule has 1 fully saturated rings. The number of aliphatic hydroxyl groups is 1. The number of amides is 1. The molecule has 0 spiro atoms. The lowest BCUT2D eigenvalue weighted by molar-refractivity contribution is 0.00203. The van der Waals surface area contributed by atoms with E-state index < -0.39 is 6.09 Å². The van der Waals surface area contributed by atoms with Crippen LogP contribution in [0, 0.1) is 5.41 Å². The van der Waals surface area contributed by atoms with Crippen LogP contribution >= 0.6 is 0 Å². The molecule has 0 bridgehead atoms. The fourth-order valence-corrected chi connectivity index (χ4v) is 1.92. The van der Waals surface area contributed by atoms with Crippen LogP contribution in [-0.4, -0.2) is 28.5 Å². The molecule has 1 amide bonds. The van der Waals surface area contributed by atoms with Gasteiger partial charge in [-0.3, -0.25) is 0 Å². The van der Waals surface area contributed by atoms with Crippen molar-refractivity contribution in [2.75, 3.05) is 0 Å². The number of rotatable bonds is 1. The van der Waals surface area contributed by atoms with Crippen molar-refractivity contribution in [3.63, 3.8) is 0 Å². The van der Waals surface area contributed by atoms with Gasteiger partial charge in [-0.2, -0.15) is 0 Å². The Kier molecular flexibility index (Phi) is 2.81. The maximum atomic E-state index is 10.4. The summed E-state index contributed by atoms with van der Waals surface area (Å²) in [7, 11) is 0. The molecule has 4 nitrogen and oxygen atoms in total. The Hall–Kier alpha value is -0.770. The van der Waals surface area contributed by atoms with Crippen molar-refractivity contribution in [1.29, 1.82) is 0 Å². The number of hydrogen-bond acceptors (Lipinski definition) is 2. The third-order valence-electron chi connectivity index (χ3n) is 2.79. The second-order valence-electron chi connectivity index (χ2n) is 4.43. The summed E-state index contributed by atoms with van der Waals surface area (Å²) in [5.74, 6) is 0. The molecule has 3 N–H and O–H groups in total. The number of aliphatic hydroxyl groups excluding tert-OH is 1. The zero-order chi connectivity index (χ0) is 10.1. The second-order valence-corrected chi connectivity index (χ2v) is 4.43. The van der Waals surface area contributed by atoms with Gasteiger partial charge in [-0.25, -0.2) is 4.79 Å². The quantitative estimate of drug-likeness (QED) is 0.577. The van der Waals surface area contributed by atoms with Crippen molar-refractivity contribution in [2.45, 2.75) is 45.3 Å². The fraction of sp³-hybridized carbons (Fsp3) is 0.889. The molecule has 1 rings (SSSR count). The van der Waals surface area contributed by atoms with Gasteiger partial charge in [-0.15, -0.1) is 0 Å². The fourth-order valence-electron chi connectivity index (χ4n) is 1.92. The van der Waals surface area contributed by atoms with Gasteiger partial charge in [0.25, 0.3) is 0 Å². The van der Waals surface area contributed by atoms with Gasteiger partial charge in [0, 0.05) is 6.04 Å². The van der Waals surface area contributed by atoms with Gasteiger partial charge in [-0.05, 0) is 24.7 Å². The average molecular weight is 187 g/mol. The van der Waals surface area contributed by atoms with E-state index in [2.05, 4.69) is 5.32 Å². The molecule has 76 valence electrons. The van der Waals surface area contributed by atoms with Crippen molar-refractivity contribution in [2.24, 2.45) is 5.41 Å². The second kappa shape index (κ2) is 3.54. The van der Waals surface area contributed by atoms with Gasteiger partial charge in [0.15, 0.2) is 0 Å². The first-order chi connectivity index (χ1) is 5.92. The van der Waals surface area contributed by atoms with Crippen LogP contribution in [0.1, 0.15) is 33.1 Å². The van der Waals surface area contributed by atoms with E-state index in [1.165, 1.54) is 0 Å². The van der Waals surface area contributed by atoms with Crippen LogP contribution in [0.4, 0.5) is 4.79 Å². The summed E-state index contributed by atoms with van der Waals surface area (Å²) in [5, 5.41) is 20.6. The van der Waals surface area contributed by atoms with E-state index in [0.29, 0.717) is 12.8 Å². The first-order valence-electron chi connectivity index (χ1n) is 4.59. The van der Waals surface area contributed by atoms with Crippen LogP contribution in [0.25, 0.3) is 0 Å². The zero-order valence-electron chi connectivity index (χ0n) is 8.08. The SMILES string of the molecule is CC1(C)C[C@H](NC(=O)O)CC[C@@H]1O. The number of nitrogens with one attached hydrogen (secondary N) is 1. The van der Waals surface area contributed by atoms with E-state index in [1.807, 2.05) is 13.8 Å². The first kappa shape index (κ1) is 10.3. The molecule has 0 unspecified atom stereocenters. The standard InChI is InChI=1S/C9H17NO3/c1-9(2)5-6(10-8(12)13)3-4-7(9)11/h6-7,10-11H,3-5H2,1-2H3,(H,12,13)/t6-,7+/m1/s1. The monoisotopic (exact) mass is 187 g/mol. The first-order valence-corrected chi connectivity index (χ1v) is 4.59.